The molecule has 41 heavy (non-hydrogen) atoms. The Morgan fingerprint density at radius 3 is 1.93 bits per heavy atom. The number of ether oxygens (including phenoxy) is 2. The van der Waals surface area contributed by atoms with Gasteiger partial charge in [-0.1, -0.05) is 81.3 Å². The standard InChI is InChI=1S/C36H45NO3.ClH/c1-6-13-27-19-21-34(39-33(23-24-37-5)29-17-11-10-12-18-29)31(25-27)32-26-28(14-7-2)20-22-35(32)40-36(38)30(15-8-3)16-9-4;/h6-7,10-12,17-22,25-26,30,33,37H,1-2,8-9,13-16,23-24H2,3-5H3;1H. The molecule has 0 saturated heterocycles. The van der Waals surface area contributed by atoms with Gasteiger partial charge in [0.1, 0.15) is 17.6 Å². The van der Waals surface area contributed by atoms with Crippen LogP contribution in [0.2, 0.25) is 0 Å². The van der Waals surface area contributed by atoms with Crippen LogP contribution in [-0.2, 0) is 17.6 Å². The summed E-state index contributed by atoms with van der Waals surface area (Å²) < 4.78 is 12.9. The van der Waals surface area contributed by atoms with E-state index in [1.807, 2.05) is 55.6 Å². The molecule has 0 fully saturated rings. The molecule has 0 aliphatic carbocycles. The predicted molar refractivity (Wildman–Crippen MR) is 174 cm³/mol. The highest BCUT2D eigenvalue weighted by Crippen LogP contribution is 2.41. The third-order valence-corrected chi connectivity index (χ3v) is 7.05. The number of rotatable bonds is 17. The van der Waals surface area contributed by atoms with E-state index in [0.717, 1.165) is 78.6 Å². The molecule has 0 aliphatic rings. The number of benzene rings is 3. The molecule has 220 valence electrons. The lowest BCUT2D eigenvalue weighted by atomic mass is 9.96. The van der Waals surface area contributed by atoms with Crippen LogP contribution in [-0.4, -0.2) is 19.6 Å². The molecule has 0 aromatic heterocycles. The Balaban J connectivity index is 0.00000588. The number of carbonyl (C=O) groups excluding carboxylic acids is 1. The Hall–Kier alpha value is -3.34. The van der Waals surface area contributed by atoms with Gasteiger partial charge in [0, 0.05) is 17.5 Å². The molecular formula is C36H46ClNO3. The SMILES string of the molecule is C=CCc1ccc(OC(=O)C(CCC)CCC)c(-c2cc(CC=C)ccc2OC(CCNC)c2ccccc2)c1.Cl. The molecule has 3 aromatic carbocycles. The van der Waals surface area contributed by atoms with Crippen LogP contribution in [0.3, 0.4) is 0 Å². The third kappa shape index (κ3) is 9.91. The number of nitrogens with one attached hydrogen (secondary N) is 1. The minimum absolute atomic E-state index is 0. The van der Waals surface area contributed by atoms with Crippen LogP contribution in [0.4, 0.5) is 0 Å². The molecule has 1 unspecified atom stereocenters. The molecule has 1 atom stereocenters. The lowest BCUT2D eigenvalue weighted by molar-refractivity contribution is -0.139. The van der Waals surface area contributed by atoms with E-state index in [-0.39, 0.29) is 30.4 Å². The number of hydrogen-bond donors (Lipinski definition) is 1. The maximum absolute atomic E-state index is 13.3. The van der Waals surface area contributed by atoms with Gasteiger partial charge in [0.05, 0.1) is 5.92 Å². The van der Waals surface area contributed by atoms with Crippen LogP contribution in [0, 0.1) is 5.92 Å². The minimum atomic E-state index is -0.165. The molecule has 1 N–H and O–H groups in total. The molecule has 0 saturated carbocycles. The third-order valence-electron chi connectivity index (χ3n) is 7.05. The van der Waals surface area contributed by atoms with Gasteiger partial charge >= 0.3 is 5.97 Å². The van der Waals surface area contributed by atoms with Crippen molar-refractivity contribution in [3.8, 4) is 22.6 Å². The molecule has 0 heterocycles. The second-order valence-corrected chi connectivity index (χ2v) is 10.3. The average molecular weight is 576 g/mol. The Kier molecular flexibility index (Phi) is 15.0. The van der Waals surface area contributed by atoms with Crippen molar-refractivity contribution in [3.05, 3.63) is 109 Å². The van der Waals surface area contributed by atoms with Gasteiger partial charge in [0.25, 0.3) is 0 Å². The van der Waals surface area contributed by atoms with Crippen molar-refractivity contribution in [2.45, 2.75) is 64.9 Å². The van der Waals surface area contributed by atoms with Crippen molar-refractivity contribution in [2.24, 2.45) is 5.92 Å². The summed E-state index contributed by atoms with van der Waals surface area (Å²) in [7, 11) is 1.95. The topological polar surface area (TPSA) is 47.6 Å². The van der Waals surface area contributed by atoms with Gasteiger partial charge in [-0.25, -0.2) is 0 Å². The monoisotopic (exact) mass is 575 g/mol. The summed E-state index contributed by atoms with van der Waals surface area (Å²) in [4.78, 5) is 13.3. The first kappa shape index (κ1) is 33.9. The first-order valence-electron chi connectivity index (χ1n) is 14.6. The van der Waals surface area contributed by atoms with Crippen LogP contribution < -0.4 is 14.8 Å². The average Bonchev–Trinajstić information content (AvgIpc) is 2.97. The Bertz CT molecular complexity index is 1230. The van der Waals surface area contributed by atoms with E-state index < -0.39 is 0 Å². The second-order valence-electron chi connectivity index (χ2n) is 10.3. The molecule has 0 spiro atoms. The second kappa shape index (κ2) is 18.2. The van der Waals surface area contributed by atoms with E-state index in [9.17, 15) is 4.79 Å². The number of carbonyl (C=O) groups is 1. The quantitative estimate of drug-likeness (QED) is 0.0990. The largest absolute Gasteiger partial charge is 0.485 e. The van der Waals surface area contributed by atoms with Crippen molar-refractivity contribution < 1.29 is 14.3 Å². The number of allylic oxidation sites excluding steroid dienone is 2. The van der Waals surface area contributed by atoms with Gasteiger partial charge < -0.3 is 14.8 Å². The Morgan fingerprint density at radius 1 is 0.829 bits per heavy atom. The molecule has 5 heteroatoms. The maximum Gasteiger partial charge on any atom is 0.314 e. The Labute approximate surface area is 253 Å². The first-order chi connectivity index (χ1) is 19.5. The number of esters is 1. The summed E-state index contributed by atoms with van der Waals surface area (Å²) >= 11 is 0. The molecule has 0 aliphatic heterocycles. The van der Waals surface area contributed by atoms with E-state index >= 15 is 0 Å². The fourth-order valence-corrected chi connectivity index (χ4v) is 5.01. The van der Waals surface area contributed by atoms with Crippen LogP contribution in [0.1, 0.15) is 68.7 Å². The molecule has 4 nitrogen and oxygen atoms in total. The molecule has 3 rings (SSSR count). The molecular weight excluding hydrogens is 530 g/mol. The molecule has 0 bridgehead atoms. The van der Waals surface area contributed by atoms with Crippen LogP contribution in [0.15, 0.2) is 92.0 Å². The highest BCUT2D eigenvalue weighted by Gasteiger charge is 2.23. The van der Waals surface area contributed by atoms with Crippen LogP contribution in [0.25, 0.3) is 11.1 Å². The predicted octanol–water partition coefficient (Wildman–Crippen LogP) is 9.08. The van der Waals surface area contributed by atoms with Crippen molar-refractivity contribution in [1.29, 1.82) is 0 Å². The summed E-state index contributed by atoms with van der Waals surface area (Å²) in [6.07, 6.45) is 9.43. The lowest BCUT2D eigenvalue weighted by Crippen LogP contribution is -2.21. The molecule has 3 aromatic rings. The van der Waals surface area contributed by atoms with Gasteiger partial charge in [0.15, 0.2) is 0 Å². The van der Waals surface area contributed by atoms with E-state index in [4.69, 9.17) is 9.47 Å². The number of halogens is 1. The van der Waals surface area contributed by atoms with Gasteiger partial charge in [-0.2, -0.15) is 0 Å². The van der Waals surface area contributed by atoms with Crippen molar-refractivity contribution in [1.82, 2.24) is 5.32 Å². The summed E-state index contributed by atoms with van der Waals surface area (Å²) in [6, 6.07) is 22.6. The van der Waals surface area contributed by atoms with Gasteiger partial charge in [0.2, 0.25) is 0 Å². The number of hydrogen-bond acceptors (Lipinski definition) is 4. The normalized spacial score (nSPS) is 11.4. The summed E-state index contributed by atoms with van der Waals surface area (Å²) in [6.45, 7) is 12.9. The minimum Gasteiger partial charge on any atom is -0.485 e. The summed E-state index contributed by atoms with van der Waals surface area (Å²) in [5.74, 6) is 1.04. The summed E-state index contributed by atoms with van der Waals surface area (Å²) in [5, 5.41) is 3.25. The smallest absolute Gasteiger partial charge is 0.314 e. The van der Waals surface area contributed by atoms with Crippen molar-refractivity contribution in [3.63, 3.8) is 0 Å². The molecule has 0 radical (unpaired) electrons. The fourth-order valence-electron chi connectivity index (χ4n) is 5.01. The highest BCUT2D eigenvalue weighted by molar-refractivity contribution is 5.85. The van der Waals surface area contributed by atoms with Gasteiger partial charge in [-0.15, -0.1) is 25.6 Å². The van der Waals surface area contributed by atoms with E-state index in [1.54, 1.807) is 0 Å². The summed E-state index contributed by atoms with van der Waals surface area (Å²) in [5.41, 5.74) is 5.08. The van der Waals surface area contributed by atoms with E-state index in [2.05, 4.69) is 62.7 Å². The van der Waals surface area contributed by atoms with Crippen molar-refractivity contribution >= 4 is 18.4 Å². The first-order valence-corrected chi connectivity index (χ1v) is 14.6. The van der Waals surface area contributed by atoms with E-state index in [0.29, 0.717) is 12.2 Å². The van der Waals surface area contributed by atoms with Gasteiger partial charge in [-0.05, 0) is 80.2 Å². The fraction of sp³-hybridized carbons (Fsp3) is 0.361. The van der Waals surface area contributed by atoms with Crippen LogP contribution >= 0.6 is 12.4 Å². The zero-order valence-electron chi connectivity index (χ0n) is 24.9. The maximum atomic E-state index is 13.3. The lowest BCUT2D eigenvalue weighted by Gasteiger charge is -2.23. The molecule has 0 amide bonds. The zero-order valence-corrected chi connectivity index (χ0v) is 25.7. The Morgan fingerprint density at radius 2 is 1.39 bits per heavy atom. The highest BCUT2D eigenvalue weighted by atomic mass is 35.5. The van der Waals surface area contributed by atoms with E-state index in [1.165, 1.54) is 0 Å². The van der Waals surface area contributed by atoms with Crippen molar-refractivity contribution in [2.75, 3.05) is 13.6 Å². The zero-order chi connectivity index (χ0) is 28.7. The van der Waals surface area contributed by atoms with Gasteiger partial charge in [-0.3, -0.25) is 4.79 Å². The van der Waals surface area contributed by atoms with Crippen LogP contribution in [0.5, 0.6) is 11.5 Å².